The van der Waals surface area contributed by atoms with Crippen molar-refractivity contribution in [2.24, 2.45) is 16.7 Å². The van der Waals surface area contributed by atoms with Crippen LogP contribution in [0.1, 0.15) is 56.3 Å². The van der Waals surface area contributed by atoms with Gasteiger partial charge in [-0.2, -0.15) is 0 Å². The van der Waals surface area contributed by atoms with Crippen LogP contribution in [-0.2, 0) is 4.74 Å². The molecule has 3 unspecified atom stereocenters. The number of hydrogen-bond acceptors (Lipinski definition) is 4. The smallest absolute Gasteiger partial charge is 0.376 e. The average molecular weight is 263 g/mol. The molecule has 3 atom stereocenters. The zero-order valence-electron chi connectivity index (χ0n) is 12.0. The molecular formula is C15H21NO3. The van der Waals surface area contributed by atoms with Gasteiger partial charge in [-0.3, -0.25) is 0 Å². The predicted octanol–water partition coefficient (Wildman–Crippen LogP) is 3.35. The summed E-state index contributed by atoms with van der Waals surface area (Å²) in [5.74, 6) is 0.528. The van der Waals surface area contributed by atoms with Gasteiger partial charge in [0.1, 0.15) is 6.10 Å². The van der Waals surface area contributed by atoms with Crippen molar-refractivity contribution in [3.63, 3.8) is 0 Å². The topological polar surface area (TPSA) is 52.3 Å². The van der Waals surface area contributed by atoms with Crippen LogP contribution in [0.2, 0.25) is 0 Å². The zero-order valence-corrected chi connectivity index (χ0v) is 12.0. The molecule has 3 rings (SSSR count). The standard InChI is InChI=1S/C15H21NO3/c1-9-12(18-8-16-9)13(17)19-11-7-10-5-6-15(11,4)14(10,2)3/h8,10-11H,5-7H2,1-4H3. The molecule has 0 aliphatic heterocycles. The third-order valence-corrected chi connectivity index (χ3v) is 5.89. The first-order chi connectivity index (χ1) is 8.86. The molecule has 4 nitrogen and oxygen atoms in total. The minimum atomic E-state index is -0.371. The lowest BCUT2D eigenvalue weighted by molar-refractivity contribution is -0.0265. The summed E-state index contributed by atoms with van der Waals surface area (Å²) in [5, 5.41) is 0. The van der Waals surface area contributed by atoms with E-state index in [1.54, 1.807) is 6.92 Å². The summed E-state index contributed by atoms with van der Waals surface area (Å²) in [5.41, 5.74) is 0.924. The predicted molar refractivity (Wildman–Crippen MR) is 69.7 cm³/mol. The van der Waals surface area contributed by atoms with Crippen LogP contribution >= 0.6 is 0 Å². The Labute approximate surface area is 113 Å². The monoisotopic (exact) mass is 263 g/mol. The minimum absolute atomic E-state index is 0.00162. The normalized spacial score (nSPS) is 35.6. The Morgan fingerprint density at radius 3 is 2.68 bits per heavy atom. The van der Waals surface area contributed by atoms with Crippen LogP contribution < -0.4 is 0 Å². The van der Waals surface area contributed by atoms with E-state index in [2.05, 4.69) is 25.8 Å². The number of fused-ring (bicyclic) bond motifs is 2. The number of aryl methyl sites for hydroxylation is 1. The molecular weight excluding hydrogens is 242 g/mol. The molecule has 2 saturated carbocycles. The number of rotatable bonds is 2. The van der Waals surface area contributed by atoms with Crippen LogP contribution in [0.25, 0.3) is 0 Å². The first-order valence-corrected chi connectivity index (χ1v) is 6.97. The second-order valence-electron chi connectivity index (χ2n) is 6.77. The number of oxazole rings is 1. The van der Waals surface area contributed by atoms with Gasteiger partial charge < -0.3 is 9.15 Å². The number of nitrogens with zero attached hydrogens (tertiary/aromatic N) is 1. The molecule has 0 amide bonds. The van der Waals surface area contributed by atoms with Crippen LogP contribution in [0.15, 0.2) is 10.8 Å². The van der Waals surface area contributed by atoms with E-state index < -0.39 is 0 Å². The summed E-state index contributed by atoms with van der Waals surface area (Å²) in [6.07, 6.45) is 4.65. The molecule has 0 saturated heterocycles. The van der Waals surface area contributed by atoms with Crippen LogP contribution in [0, 0.1) is 23.7 Å². The number of carbonyl (C=O) groups excluding carboxylic acids is 1. The molecule has 0 spiro atoms. The fraction of sp³-hybridized carbons (Fsp3) is 0.733. The number of aromatic nitrogens is 1. The molecule has 1 heterocycles. The van der Waals surface area contributed by atoms with Gasteiger partial charge in [-0.15, -0.1) is 0 Å². The Morgan fingerprint density at radius 2 is 2.21 bits per heavy atom. The van der Waals surface area contributed by atoms with Crippen molar-refractivity contribution in [3.05, 3.63) is 17.8 Å². The maximum Gasteiger partial charge on any atom is 0.376 e. The summed E-state index contributed by atoms with van der Waals surface area (Å²) in [4.78, 5) is 16.1. The fourth-order valence-corrected chi connectivity index (χ4v) is 3.99. The summed E-state index contributed by atoms with van der Waals surface area (Å²) in [6, 6.07) is 0. The van der Waals surface area contributed by atoms with Gasteiger partial charge in [0.2, 0.25) is 5.76 Å². The summed E-state index contributed by atoms with van der Waals surface area (Å²) < 4.78 is 10.9. The quantitative estimate of drug-likeness (QED) is 0.768. The highest BCUT2D eigenvalue weighted by molar-refractivity contribution is 5.87. The molecule has 104 valence electrons. The first-order valence-electron chi connectivity index (χ1n) is 6.97. The molecule has 2 fully saturated rings. The highest BCUT2D eigenvalue weighted by atomic mass is 16.6. The second-order valence-corrected chi connectivity index (χ2v) is 6.77. The van der Waals surface area contributed by atoms with E-state index in [0.717, 1.165) is 12.8 Å². The number of carbonyl (C=O) groups is 1. The van der Waals surface area contributed by atoms with Crippen LogP contribution in [0.3, 0.4) is 0 Å². The van der Waals surface area contributed by atoms with Crippen molar-refractivity contribution < 1.29 is 13.9 Å². The highest BCUT2D eigenvalue weighted by Crippen LogP contribution is 2.66. The van der Waals surface area contributed by atoms with Crippen molar-refractivity contribution in [2.45, 2.75) is 53.1 Å². The number of hydrogen-bond donors (Lipinski definition) is 0. The van der Waals surface area contributed by atoms with E-state index in [1.165, 1.54) is 12.8 Å². The molecule has 4 heteroatoms. The summed E-state index contributed by atoms with van der Waals surface area (Å²) in [7, 11) is 0. The molecule has 0 radical (unpaired) electrons. The van der Waals surface area contributed by atoms with Crippen molar-refractivity contribution >= 4 is 5.97 Å². The maximum atomic E-state index is 12.2. The summed E-state index contributed by atoms with van der Waals surface area (Å²) >= 11 is 0. The molecule has 0 aromatic carbocycles. The van der Waals surface area contributed by atoms with Gasteiger partial charge in [-0.25, -0.2) is 9.78 Å². The highest BCUT2D eigenvalue weighted by Gasteiger charge is 2.63. The Morgan fingerprint density at radius 1 is 1.47 bits per heavy atom. The van der Waals surface area contributed by atoms with E-state index in [0.29, 0.717) is 11.6 Å². The van der Waals surface area contributed by atoms with Gasteiger partial charge in [0.15, 0.2) is 6.39 Å². The first kappa shape index (κ1) is 12.7. The van der Waals surface area contributed by atoms with Gasteiger partial charge in [0.25, 0.3) is 0 Å². The third kappa shape index (κ3) is 1.58. The van der Waals surface area contributed by atoms with Gasteiger partial charge in [0, 0.05) is 5.41 Å². The minimum Gasteiger partial charge on any atom is -0.456 e. The second kappa shape index (κ2) is 3.84. The lowest BCUT2D eigenvalue weighted by atomic mass is 9.70. The van der Waals surface area contributed by atoms with Crippen LogP contribution in [-0.4, -0.2) is 17.1 Å². The van der Waals surface area contributed by atoms with E-state index in [1.807, 2.05) is 0 Å². The van der Waals surface area contributed by atoms with E-state index in [9.17, 15) is 4.79 Å². The molecule has 2 bridgehead atoms. The van der Waals surface area contributed by atoms with Gasteiger partial charge in [0.05, 0.1) is 5.69 Å². The van der Waals surface area contributed by atoms with Gasteiger partial charge in [-0.05, 0) is 37.5 Å². The zero-order chi connectivity index (χ0) is 13.8. The van der Waals surface area contributed by atoms with Crippen molar-refractivity contribution in [1.29, 1.82) is 0 Å². The van der Waals surface area contributed by atoms with E-state index in [-0.39, 0.29) is 28.7 Å². The molecule has 19 heavy (non-hydrogen) atoms. The molecule has 0 N–H and O–H groups in total. The van der Waals surface area contributed by atoms with Crippen molar-refractivity contribution in [2.75, 3.05) is 0 Å². The van der Waals surface area contributed by atoms with Crippen molar-refractivity contribution in [1.82, 2.24) is 4.98 Å². The van der Waals surface area contributed by atoms with Crippen molar-refractivity contribution in [3.8, 4) is 0 Å². The number of ether oxygens (including phenoxy) is 1. The molecule has 2 aliphatic carbocycles. The van der Waals surface area contributed by atoms with E-state index in [4.69, 9.17) is 9.15 Å². The summed E-state index contributed by atoms with van der Waals surface area (Å²) in [6.45, 7) is 8.62. The Hall–Kier alpha value is -1.32. The molecule has 2 aliphatic rings. The maximum absolute atomic E-state index is 12.2. The Kier molecular flexibility index (Phi) is 2.57. The lowest BCUT2D eigenvalue weighted by Gasteiger charge is -2.38. The van der Waals surface area contributed by atoms with Crippen LogP contribution in [0.5, 0.6) is 0 Å². The molecule has 1 aromatic rings. The Balaban J connectivity index is 1.79. The SMILES string of the molecule is Cc1ncoc1C(=O)OC1CC2CCC1(C)C2(C)C. The number of esters is 1. The van der Waals surface area contributed by atoms with Gasteiger partial charge in [-0.1, -0.05) is 20.8 Å². The van der Waals surface area contributed by atoms with E-state index >= 15 is 0 Å². The average Bonchev–Trinajstić information content (AvgIpc) is 2.90. The third-order valence-electron chi connectivity index (χ3n) is 5.89. The van der Waals surface area contributed by atoms with Gasteiger partial charge >= 0.3 is 5.97 Å². The lowest BCUT2D eigenvalue weighted by Crippen LogP contribution is -2.38. The largest absolute Gasteiger partial charge is 0.456 e. The van der Waals surface area contributed by atoms with Crippen LogP contribution in [0.4, 0.5) is 0 Å². The fourth-order valence-electron chi connectivity index (χ4n) is 3.99. The molecule has 1 aromatic heterocycles. The Bertz CT molecular complexity index is 519.